The van der Waals surface area contributed by atoms with Crippen molar-refractivity contribution < 1.29 is 10.2 Å². The SMILES string of the molecule is Cc1cc(Nc2ccnc(CO)c2)ccc1CCCc1c[nH]c2c(C(C)O)cccc12. The number of nitrogens with zero attached hydrogens (tertiary/aromatic N) is 1. The number of fused-ring (bicyclic) bond motifs is 1. The number of aliphatic hydroxyl groups excluding tert-OH is 2. The minimum atomic E-state index is -0.479. The molecular formula is C26H29N3O2. The van der Waals surface area contributed by atoms with Crippen molar-refractivity contribution in [1.82, 2.24) is 9.97 Å². The first-order valence-electron chi connectivity index (χ1n) is 10.7. The summed E-state index contributed by atoms with van der Waals surface area (Å²) < 4.78 is 0. The molecule has 1 unspecified atom stereocenters. The predicted molar refractivity (Wildman–Crippen MR) is 126 cm³/mol. The minimum absolute atomic E-state index is 0.0652. The summed E-state index contributed by atoms with van der Waals surface area (Å²) in [5.41, 5.74) is 8.49. The maximum atomic E-state index is 9.99. The second kappa shape index (κ2) is 9.33. The molecule has 0 aliphatic rings. The number of rotatable bonds is 8. The normalized spacial score (nSPS) is 12.3. The van der Waals surface area contributed by atoms with Gasteiger partial charge in [-0.3, -0.25) is 4.98 Å². The topological polar surface area (TPSA) is 81.2 Å². The van der Waals surface area contributed by atoms with Gasteiger partial charge >= 0.3 is 0 Å². The van der Waals surface area contributed by atoms with Crippen LogP contribution in [0.1, 0.15) is 47.4 Å². The predicted octanol–water partition coefficient (Wildman–Crippen LogP) is 5.34. The summed E-state index contributed by atoms with van der Waals surface area (Å²) in [5.74, 6) is 0. The molecule has 2 aromatic carbocycles. The molecule has 4 N–H and O–H groups in total. The van der Waals surface area contributed by atoms with Crippen molar-refractivity contribution in [1.29, 1.82) is 0 Å². The van der Waals surface area contributed by atoms with Crippen LogP contribution in [-0.2, 0) is 19.4 Å². The number of hydrogen-bond acceptors (Lipinski definition) is 4. The molecule has 5 nitrogen and oxygen atoms in total. The standard InChI is InChI=1S/C26H29N3O2/c1-17-13-21(29-22-11-12-27-23(14-22)16-30)10-9-19(17)5-3-6-20-15-28-26-24(18(2)31)7-4-8-25(20)26/h4,7-15,18,28,30-31H,3,5-6,16H2,1-2H3,(H,27,29). The fourth-order valence-corrected chi connectivity index (χ4v) is 4.12. The van der Waals surface area contributed by atoms with E-state index in [4.69, 9.17) is 0 Å². The average Bonchev–Trinajstić information content (AvgIpc) is 3.18. The molecule has 1 atom stereocenters. The molecule has 0 amide bonds. The second-order valence-corrected chi connectivity index (χ2v) is 8.07. The van der Waals surface area contributed by atoms with Gasteiger partial charge in [0, 0.05) is 34.7 Å². The van der Waals surface area contributed by atoms with Crippen molar-refractivity contribution in [2.45, 2.75) is 45.8 Å². The van der Waals surface area contributed by atoms with Crippen LogP contribution in [0, 0.1) is 6.92 Å². The van der Waals surface area contributed by atoms with E-state index in [2.05, 4.69) is 52.7 Å². The summed E-state index contributed by atoms with van der Waals surface area (Å²) in [6.07, 6.45) is 6.36. The van der Waals surface area contributed by atoms with Gasteiger partial charge in [-0.15, -0.1) is 0 Å². The zero-order chi connectivity index (χ0) is 21.8. The summed E-state index contributed by atoms with van der Waals surface area (Å²) in [7, 11) is 0. The van der Waals surface area contributed by atoms with E-state index in [0.717, 1.165) is 41.7 Å². The van der Waals surface area contributed by atoms with E-state index in [9.17, 15) is 10.2 Å². The molecule has 0 bridgehead atoms. The van der Waals surface area contributed by atoms with Crippen molar-refractivity contribution in [2.24, 2.45) is 0 Å². The van der Waals surface area contributed by atoms with E-state index < -0.39 is 6.10 Å². The molecule has 2 aromatic heterocycles. The molecule has 0 radical (unpaired) electrons. The van der Waals surface area contributed by atoms with E-state index in [0.29, 0.717) is 5.69 Å². The van der Waals surface area contributed by atoms with Gasteiger partial charge in [-0.05, 0) is 74.1 Å². The number of benzene rings is 2. The molecule has 0 saturated heterocycles. The monoisotopic (exact) mass is 415 g/mol. The van der Waals surface area contributed by atoms with Gasteiger partial charge in [-0.25, -0.2) is 0 Å². The van der Waals surface area contributed by atoms with Gasteiger partial charge < -0.3 is 20.5 Å². The lowest BCUT2D eigenvalue weighted by molar-refractivity contribution is 0.200. The number of aryl methyl sites for hydroxylation is 3. The first-order chi connectivity index (χ1) is 15.0. The van der Waals surface area contributed by atoms with Gasteiger partial charge in [0.25, 0.3) is 0 Å². The third kappa shape index (κ3) is 4.79. The number of H-pyrrole nitrogens is 1. The summed E-state index contributed by atoms with van der Waals surface area (Å²) >= 11 is 0. The Bertz CT molecular complexity index is 1180. The summed E-state index contributed by atoms with van der Waals surface area (Å²) in [6, 6.07) is 16.3. The van der Waals surface area contributed by atoms with Crippen molar-refractivity contribution >= 4 is 22.3 Å². The average molecular weight is 416 g/mol. The van der Waals surface area contributed by atoms with Gasteiger partial charge in [0.1, 0.15) is 0 Å². The van der Waals surface area contributed by atoms with Crippen LogP contribution in [0.25, 0.3) is 10.9 Å². The zero-order valence-corrected chi connectivity index (χ0v) is 18.0. The van der Waals surface area contributed by atoms with E-state index in [-0.39, 0.29) is 6.61 Å². The van der Waals surface area contributed by atoms with Gasteiger partial charge in [0.05, 0.1) is 23.9 Å². The summed E-state index contributed by atoms with van der Waals surface area (Å²) in [6.45, 7) is 3.88. The Morgan fingerprint density at radius 2 is 1.84 bits per heavy atom. The number of anilines is 2. The molecule has 4 rings (SSSR count). The lowest BCUT2D eigenvalue weighted by atomic mass is 9.99. The highest BCUT2D eigenvalue weighted by Gasteiger charge is 2.11. The number of aliphatic hydroxyl groups is 2. The van der Waals surface area contributed by atoms with Gasteiger partial charge in [-0.1, -0.05) is 24.3 Å². The second-order valence-electron chi connectivity index (χ2n) is 8.07. The first-order valence-corrected chi connectivity index (χ1v) is 10.7. The summed E-state index contributed by atoms with van der Waals surface area (Å²) in [4.78, 5) is 7.46. The Kier molecular flexibility index (Phi) is 6.35. The fraction of sp³-hybridized carbons (Fsp3) is 0.269. The molecule has 4 aromatic rings. The molecule has 0 aliphatic heterocycles. The Labute approximate surface area is 182 Å². The zero-order valence-electron chi connectivity index (χ0n) is 18.0. The Balaban J connectivity index is 1.40. The molecule has 0 aliphatic carbocycles. The number of aromatic nitrogens is 2. The third-order valence-electron chi connectivity index (χ3n) is 5.79. The van der Waals surface area contributed by atoms with Crippen molar-refractivity contribution in [3.8, 4) is 0 Å². The molecule has 0 spiro atoms. The molecule has 0 saturated carbocycles. The molecule has 31 heavy (non-hydrogen) atoms. The molecule has 0 fully saturated rings. The lowest BCUT2D eigenvalue weighted by Gasteiger charge is -2.11. The van der Waals surface area contributed by atoms with Gasteiger partial charge in [-0.2, -0.15) is 0 Å². The van der Waals surface area contributed by atoms with Gasteiger partial charge in [0.15, 0.2) is 0 Å². The van der Waals surface area contributed by atoms with Crippen LogP contribution in [0.4, 0.5) is 11.4 Å². The Morgan fingerprint density at radius 3 is 2.61 bits per heavy atom. The molecule has 5 heteroatoms. The van der Waals surface area contributed by atoms with E-state index in [1.165, 1.54) is 22.1 Å². The quantitative estimate of drug-likeness (QED) is 0.313. The highest BCUT2D eigenvalue weighted by molar-refractivity contribution is 5.86. The molecular weight excluding hydrogens is 386 g/mol. The summed E-state index contributed by atoms with van der Waals surface area (Å²) in [5, 5.41) is 23.8. The van der Waals surface area contributed by atoms with Crippen LogP contribution in [0.2, 0.25) is 0 Å². The maximum Gasteiger partial charge on any atom is 0.0853 e. The van der Waals surface area contributed by atoms with Crippen LogP contribution in [-0.4, -0.2) is 20.2 Å². The van der Waals surface area contributed by atoms with Crippen LogP contribution < -0.4 is 5.32 Å². The fourth-order valence-electron chi connectivity index (χ4n) is 4.12. The smallest absolute Gasteiger partial charge is 0.0853 e. The van der Waals surface area contributed by atoms with E-state index in [1.54, 1.807) is 13.1 Å². The number of para-hydroxylation sites is 1. The molecule has 160 valence electrons. The van der Waals surface area contributed by atoms with E-state index in [1.807, 2.05) is 24.3 Å². The first kappa shape index (κ1) is 21.1. The number of nitrogens with one attached hydrogen (secondary N) is 2. The highest BCUT2D eigenvalue weighted by Crippen LogP contribution is 2.27. The number of aromatic amines is 1. The third-order valence-corrected chi connectivity index (χ3v) is 5.79. The maximum absolute atomic E-state index is 9.99. The minimum Gasteiger partial charge on any atom is -0.390 e. The van der Waals surface area contributed by atoms with Crippen LogP contribution in [0.15, 0.2) is 60.9 Å². The Hall–Kier alpha value is -3.15. The van der Waals surface area contributed by atoms with Gasteiger partial charge in [0.2, 0.25) is 0 Å². The number of hydrogen-bond donors (Lipinski definition) is 4. The lowest BCUT2D eigenvalue weighted by Crippen LogP contribution is -1.97. The van der Waals surface area contributed by atoms with Crippen molar-refractivity contribution in [3.63, 3.8) is 0 Å². The van der Waals surface area contributed by atoms with Crippen LogP contribution in [0.5, 0.6) is 0 Å². The van der Waals surface area contributed by atoms with Crippen LogP contribution in [0.3, 0.4) is 0 Å². The number of pyridine rings is 1. The van der Waals surface area contributed by atoms with Crippen LogP contribution >= 0.6 is 0 Å². The van der Waals surface area contributed by atoms with Crippen molar-refractivity contribution in [3.05, 3.63) is 88.9 Å². The molecule has 2 heterocycles. The highest BCUT2D eigenvalue weighted by atomic mass is 16.3. The van der Waals surface area contributed by atoms with Crippen molar-refractivity contribution in [2.75, 3.05) is 5.32 Å². The van der Waals surface area contributed by atoms with E-state index >= 15 is 0 Å². The largest absolute Gasteiger partial charge is 0.390 e. The Morgan fingerprint density at radius 1 is 1.03 bits per heavy atom.